The Morgan fingerprint density at radius 1 is 1.06 bits per heavy atom. The minimum Gasteiger partial charge on any atom is -0.325 e. The number of nitrogens with one attached hydrogen (secondary N) is 2. The molecule has 0 spiro atoms. The van der Waals surface area contributed by atoms with Crippen LogP contribution < -0.4 is 10.2 Å². The zero-order chi connectivity index (χ0) is 22.0. The number of halogens is 1. The van der Waals surface area contributed by atoms with Crippen LogP contribution in [0.25, 0.3) is 0 Å². The third-order valence-corrected chi connectivity index (χ3v) is 7.66. The molecule has 2 heterocycles. The lowest BCUT2D eigenvalue weighted by Crippen LogP contribution is -3.13. The second kappa shape index (κ2) is 9.33. The normalized spacial score (nSPS) is 19.7. The number of hydrogen-bond acceptors (Lipinski definition) is 2. The molecule has 1 aliphatic heterocycles. The summed E-state index contributed by atoms with van der Waals surface area (Å²) in [5.74, 6) is 0.396. The molecule has 1 saturated heterocycles. The van der Waals surface area contributed by atoms with Crippen LogP contribution in [-0.2, 0) is 0 Å². The molecule has 0 aliphatic carbocycles. The highest BCUT2D eigenvalue weighted by atomic mass is 32.1. The number of thiophene rings is 1. The molecular weight excluding hydrogens is 407 g/mol. The van der Waals surface area contributed by atoms with E-state index < -0.39 is 0 Å². The highest BCUT2D eigenvalue weighted by Gasteiger charge is 2.36. The van der Waals surface area contributed by atoms with Crippen molar-refractivity contribution in [2.45, 2.75) is 39.7 Å². The number of rotatable bonds is 5. The van der Waals surface area contributed by atoms with Crippen LogP contribution in [-0.4, -0.2) is 19.0 Å². The predicted molar refractivity (Wildman–Crippen MR) is 126 cm³/mol. The average Bonchev–Trinajstić information content (AvgIpc) is 3.05. The third kappa shape index (κ3) is 4.58. The maximum Gasteiger partial charge on any atom is 0.256 e. The van der Waals surface area contributed by atoms with Crippen molar-refractivity contribution in [1.82, 2.24) is 0 Å². The molecule has 2 N–H and O–H groups in total. The Morgan fingerprint density at radius 2 is 1.71 bits per heavy atom. The summed E-state index contributed by atoms with van der Waals surface area (Å²) in [5, 5.41) is 3.99. The summed E-state index contributed by atoms with van der Waals surface area (Å²) in [4.78, 5) is 15.5. The first-order valence-electron chi connectivity index (χ1n) is 11.0. The molecular formula is C26H30FN2OS+. The van der Waals surface area contributed by atoms with E-state index in [0.717, 1.165) is 46.9 Å². The molecule has 1 aromatic heterocycles. The van der Waals surface area contributed by atoms with Crippen molar-refractivity contribution >= 4 is 22.2 Å². The van der Waals surface area contributed by atoms with Crippen molar-refractivity contribution in [2.24, 2.45) is 5.92 Å². The van der Waals surface area contributed by atoms with Gasteiger partial charge in [-0.15, -0.1) is 11.3 Å². The maximum atomic E-state index is 15.1. The molecule has 3 aromatic rings. The molecule has 1 atom stereocenters. The molecule has 4 rings (SSSR count). The molecule has 1 fully saturated rings. The standard InChI is InChI=1S/C26H29FN2OS/c1-17-13-15-29(16-14-17)24(21-11-7-8-12-22(21)27)23-18(2)19(3)31-26(23)28-25(30)20-9-5-4-6-10-20/h4-12,17,24H,13-16H2,1-3H3,(H,28,30)/p+1/t24-/m1/s1. The van der Waals surface area contributed by atoms with Crippen LogP contribution in [0, 0.1) is 25.6 Å². The van der Waals surface area contributed by atoms with Gasteiger partial charge >= 0.3 is 0 Å². The summed E-state index contributed by atoms with van der Waals surface area (Å²) in [6.45, 7) is 8.47. The Kier molecular flexibility index (Phi) is 6.54. The quantitative estimate of drug-likeness (QED) is 0.568. The van der Waals surface area contributed by atoms with Gasteiger partial charge < -0.3 is 10.2 Å². The van der Waals surface area contributed by atoms with Crippen molar-refractivity contribution in [3.8, 4) is 0 Å². The largest absolute Gasteiger partial charge is 0.325 e. The minimum atomic E-state index is -0.179. The number of benzene rings is 2. The number of quaternary nitrogens is 1. The second-order valence-corrected chi connectivity index (χ2v) is 9.87. The van der Waals surface area contributed by atoms with E-state index in [1.165, 1.54) is 4.90 Å². The van der Waals surface area contributed by atoms with Gasteiger partial charge in [-0.3, -0.25) is 4.79 Å². The molecule has 0 radical (unpaired) electrons. The Balaban J connectivity index is 1.78. The summed E-state index contributed by atoms with van der Waals surface area (Å²) in [6.07, 6.45) is 2.27. The van der Waals surface area contributed by atoms with Gasteiger partial charge in [-0.05, 0) is 62.4 Å². The van der Waals surface area contributed by atoms with Gasteiger partial charge in [0, 0.05) is 16.0 Å². The topological polar surface area (TPSA) is 33.5 Å². The van der Waals surface area contributed by atoms with Crippen LogP contribution in [0.1, 0.15) is 57.7 Å². The van der Waals surface area contributed by atoms with E-state index in [0.29, 0.717) is 17.0 Å². The van der Waals surface area contributed by atoms with E-state index in [4.69, 9.17) is 0 Å². The summed E-state index contributed by atoms with van der Waals surface area (Å²) < 4.78 is 15.1. The lowest BCUT2D eigenvalue weighted by molar-refractivity contribution is -0.931. The summed E-state index contributed by atoms with van der Waals surface area (Å²) in [6, 6.07) is 16.2. The fourth-order valence-electron chi connectivity index (χ4n) is 4.56. The molecule has 2 aromatic carbocycles. The number of piperidine rings is 1. The van der Waals surface area contributed by atoms with Crippen LogP contribution in [0.5, 0.6) is 0 Å². The highest BCUT2D eigenvalue weighted by molar-refractivity contribution is 7.16. The Morgan fingerprint density at radius 3 is 2.39 bits per heavy atom. The maximum absolute atomic E-state index is 15.1. The third-order valence-electron chi connectivity index (χ3n) is 6.52. The monoisotopic (exact) mass is 437 g/mol. The summed E-state index contributed by atoms with van der Waals surface area (Å²) in [5.41, 5.74) is 3.54. The zero-order valence-corrected chi connectivity index (χ0v) is 19.2. The van der Waals surface area contributed by atoms with Crippen LogP contribution in [0.2, 0.25) is 0 Å². The van der Waals surface area contributed by atoms with E-state index in [1.54, 1.807) is 23.5 Å². The van der Waals surface area contributed by atoms with Crippen LogP contribution in [0.3, 0.4) is 0 Å². The number of carbonyl (C=O) groups is 1. The number of anilines is 1. The van der Waals surface area contributed by atoms with Gasteiger partial charge in [0.05, 0.1) is 18.7 Å². The van der Waals surface area contributed by atoms with E-state index >= 15 is 4.39 Å². The van der Waals surface area contributed by atoms with Crippen LogP contribution >= 0.6 is 11.3 Å². The molecule has 1 aliphatic rings. The predicted octanol–water partition coefficient (Wildman–Crippen LogP) is 5.16. The second-order valence-electron chi connectivity index (χ2n) is 8.64. The van der Waals surface area contributed by atoms with E-state index in [-0.39, 0.29) is 17.8 Å². The van der Waals surface area contributed by atoms with Crippen LogP contribution in [0.15, 0.2) is 54.6 Å². The zero-order valence-electron chi connectivity index (χ0n) is 18.4. The van der Waals surface area contributed by atoms with Crippen molar-refractivity contribution in [1.29, 1.82) is 0 Å². The number of amides is 1. The first-order chi connectivity index (χ1) is 15.0. The number of aryl methyl sites for hydroxylation is 1. The van der Waals surface area contributed by atoms with Crippen molar-refractivity contribution in [3.05, 3.63) is 87.5 Å². The average molecular weight is 438 g/mol. The molecule has 0 saturated carbocycles. The summed E-state index contributed by atoms with van der Waals surface area (Å²) >= 11 is 1.59. The smallest absolute Gasteiger partial charge is 0.256 e. The first-order valence-corrected chi connectivity index (χ1v) is 11.8. The van der Waals surface area contributed by atoms with Crippen molar-refractivity contribution < 1.29 is 14.1 Å². The fraction of sp³-hybridized carbons (Fsp3) is 0.346. The molecule has 162 valence electrons. The highest BCUT2D eigenvalue weighted by Crippen LogP contribution is 2.39. The number of likely N-dealkylation sites (tertiary alicyclic amines) is 1. The number of hydrogen-bond donors (Lipinski definition) is 2. The van der Waals surface area contributed by atoms with Gasteiger partial charge in [0.2, 0.25) is 0 Å². The Hall–Kier alpha value is -2.50. The van der Waals surface area contributed by atoms with Gasteiger partial charge in [0.25, 0.3) is 5.91 Å². The van der Waals surface area contributed by atoms with Gasteiger partial charge in [-0.1, -0.05) is 37.3 Å². The summed E-state index contributed by atoms with van der Waals surface area (Å²) in [7, 11) is 0. The van der Waals surface area contributed by atoms with E-state index in [9.17, 15) is 4.79 Å². The Bertz CT molecular complexity index is 1050. The molecule has 5 heteroatoms. The van der Waals surface area contributed by atoms with Gasteiger partial charge in [0.1, 0.15) is 16.9 Å². The molecule has 31 heavy (non-hydrogen) atoms. The lowest BCUT2D eigenvalue weighted by Gasteiger charge is -2.35. The minimum absolute atomic E-state index is 0.127. The Labute approximate surface area is 187 Å². The van der Waals surface area contributed by atoms with Gasteiger partial charge in [-0.25, -0.2) is 4.39 Å². The van der Waals surface area contributed by atoms with E-state index in [2.05, 4.69) is 26.1 Å². The molecule has 0 bridgehead atoms. The van der Waals surface area contributed by atoms with Crippen LogP contribution in [0.4, 0.5) is 9.39 Å². The molecule has 3 nitrogen and oxygen atoms in total. The van der Waals surface area contributed by atoms with Crippen molar-refractivity contribution in [2.75, 3.05) is 18.4 Å². The first kappa shape index (κ1) is 21.7. The van der Waals surface area contributed by atoms with Gasteiger partial charge in [-0.2, -0.15) is 0 Å². The van der Waals surface area contributed by atoms with Gasteiger partial charge in [0.15, 0.2) is 0 Å². The molecule has 0 unspecified atom stereocenters. The fourth-order valence-corrected chi connectivity index (χ4v) is 5.65. The molecule has 1 amide bonds. The van der Waals surface area contributed by atoms with Crippen molar-refractivity contribution in [3.63, 3.8) is 0 Å². The lowest BCUT2D eigenvalue weighted by atomic mass is 9.90. The van der Waals surface area contributed by atoms with E-state index in [1.807, 2.05) is 42.5 Å². The number of carbonyl (C=O) groups excluding carboxylic acids is 1. The SMILES string of the molecule is Cc1sc(NC(=O)c2ccccc2)c([C@@H](c2ccccc2F)[NH+]2CCC(C)CC2)c1C.